The van der Waals surface area contributed by atoms with E-state index in [2.05, 4.69) is 12.1 Å². The molecule has 2 rings (SSSR count). The normalized spacial score (nSPS) is 20.6. The Hall–Kier alpha value is -0.540. The summed E-state index contributed by atoms with van der Waals surface area (Å²) in [4.78, 5) is 0. The first-order chi connectivity index (χ1) is 9.39. The molecule has 4 heteroatoms. The SMILES string of the molecule is CC(C(Cl)c1ccc(C2CCCCC2)cc1)S(C)(=O)=O. The Morgan fingerprint density at radius 3 is 2.15 bits per heavy atom. The molecule has 2 unspecified atom stereocenters. The Morgan fingerprint density at radius 2 is 1.65 bits per heavy atom. The largest absolute Gasteiger partial charge is 0.229 e. The van der Waals surface area contributed by atoms with Gasteiger partial charge in [-0.25, -0.2) is 8.42 Å². The lowest BCUT2D eigenvalue weighted by Crippen LogP contribution is -2.21. The number of hydrogen-bond donors (Lipinski definition) is 0. The molecule has 1 aromatic carbocycles. The van der Waals surface area contributed by atoms with Gasteiger partial charge in [-0.1, -0.05) is 43.5 Å². The molecule has 2 nitrogen and oxygen atoms in total. The van der Waals surface area contributed by atoms with E-state index in [9.17, 15) is 8.42 Å². The fraction of sp³-hybridized carbons (Fsp3) is 0.625. The van der Waals surface area contributed by atoms with Crippen molar-refractivity contribution in [3.05, 3.63) is 35.4 Å². The molecule has 1 aliphatic rings. The zero-order valence-electron chi connectivity index (χ0n) is 12.2. The fourth-order valence-corrected chi connectivity index (χ4v) is 4.17. The van der Waals surface area contributed by atoms with Gasteiger partial charge in [0.1, 0.15) is 0 Å². The van der Waals surface area contributed by atoms with Crippen molar-refractivity contribution in [3.8, 4) is 0 Å². The van der Waals surface area contributed by atoms with Crippen LogP contribution in [0.25, 0.3) is 0 Å². The molecule has 0 aliphatic heterocycles. The third-order valence-corrected chi connectivity index (χ3v) is 6.82. The number of benzene rings is 1. The summed E-state index contributed by atoms with van der Waals surface area (Å²) in [6.07, 6.45) is 7.76. The van der Waals surface area contributed by atoms with Crippen LogP contribution in [0.3, 0.4) is 0 Å². The van der Waals surface area contributed by atoms with Gasteiger partial charge in [0.25, 0.3) is 0 Å². The molecule has 1 aromatic rings. The highest BCUT2D eigenvalue weighted by Crippen LogP contribution is 2.34. The summed E-state index contributed by atoms with van der Waals surface area (Å²) < 4.78 is 23.2. The summed E-state index contributed by atoms with van der Waals surface area (Å²) in [6.45, 7) is 1.67. The Bertz CT molecular complexity index is 530. The molecule has 0 saturated heterocycles. The highest BCUT2D eigenvalue weighted by atomic mass is 35.5. The van der Waals surface area contributed by atoms with Gasteiger partial charge in [0, 0.05) is 6.26 Å². The van der Waals surface area contributed by atoms with Gasteiger partial charge in [-0.15, -0.1) is 11.6 Å². The lowest BCUT2D eigenvalue weighted by molar-refractivity contribution is 0.443. The number of halogens is 1. The maximum absolute atomic E-state index is 11.6. The summed E-state index contributed by atoms with van der Waals surface area (Å²) in [5.41, 5.74) is 2.26. The van der Waals surface area contributed by atoms with Crippen LogP contribution in [0.15, 0.2) is 24.3 Å². The third kappa shape index (κ3) is 3.76. The molecule has 0 radical (unpaired) electrons. The maximum atomic E-state index is 11.6. The van der Waals surface area contributed by atoms with Crippen molar-refractivity contribution in [2.75, 3.05) is 6.26 Å². The van der Waals surface area contributed by atoms with Crippen LogP contribution in [0.5, 0.6) is 0 Å². The van der Waals surface area contributed by atoms with Crippen molar-refractivity contribution in [1.29, 1.82) is 0 Å². The summed E-state index contributed by atoms with van der Waals surface area (Å²) >= 11 is 6.30. The smallest absolute Gasteiger partial charge is 0.151 e. The fourth-order valence-electron chi connectivity index (χ4n) is 2.88. The first kappa shape index (κ1) is 15.8. The molecule has 1 saturated carbocycles. The molecule has 0 heterocycles. The molecule has 1 fully saturated rings. The molecule has 0 bridgehead atoms. The quantitative estimate of drug-likeness (QED) is 0.770. The first-order valence-corrected chi connectivity index (χ1v) is 9.71. The van der Waals surface area contributed by atoms with Crippen LogP contribution >= 0.6 is 11.6 Å². The minimum Gasteiger partial charge on any atom is -0.229 e. The highest BCUT2D eigenvalue weighted by Gasteiger charge is 2.25. The topological polar surface area (TPSA) is 34.1 Å². The zero-order valence-corrected chi connectivity index (χ0v) is 13.8. The number of alkyl halides is 1. The van der Waals surface area contributed by atoms with Gasteiger partial charge in [0.15, 0.2) is 9.84 Å². The van der Waals surface area contributed by atoms with Crippen LogP contribution in [0.1, 0.15) is 61.4 Å². The Balaban J connectivity index is 2.11. The Kier molecular flexibility index (Phi) is 5.14. The van der Waals surface area contributed by atoms with E-state index >= 15 is 0 Å². The van der Waals surface area contributed by atoms with E-state index in [0.717, 1.165) is 5.56 Å². The molecular formula is C16H23ClO2S. The zero-order chi connectivity index (χ0) is 14.8. The van der Waals surface area contributed by atoms with E-state index < -0.39 is 20.5 Å². The maximum Gasteiger partial charge on any atom is 0.151 e. The summed E-state index contributed by atoms with van der Waals surface area (Å²) in [5.74, 6) is 0.666. The predicted molar refractivity (Wildman–Crippen MR) is 85.2 cm³/mol. The lowest BCUT2D eigenvalue weighted by atomic mass is 9.84. The van der Waals surface area contributed by atoms with Crippen LogP contribution < -0.4 is 0 Å². The molecule has 0 aromatic heterocycles. The third-order valence-electron chi connectivity index (χ3n) is 4.42. The number of sulfone groups is 1. The van der Waals surface area contributed by atoms with Gasteiger partial charge in [-0.2, -0.15) is 0 Å². The molecule has 1 aliphatic carbocycles. The Labute approximate surface area is 127 Å². The average Bonchev–Trinajstić information content (AvgIpc) is 2.46. The van der Waals surface area contributed by atoms with Crippen molar-refractivity contribution in [1.82, 2.24) is 0 Å². The first-order valence-electron chi connectivity index (χ1n) is 7.32. The van der Waals surface area contributed by atoms with Gasteiger partial charge in [-0.05, 0) is 36.8 Å². The second-order valence-corrected chi connectivity index (χ2v) is 8.81. The number of rotatable bonds is 4. The summed E-state index contributed by atoms with van der Waals surface area (Å²) in [5, 5.41) is -1.05. The van der Waals surface area contributed by atoms with Crippen LogP contribution in [0.2, 0.25) is 0 Å². The lowest BCUT2D eigenvalue weighted by Gasteiger charge is -2.23. The monoisotopic (exact) mass is 314 g/mol. The van der Waals surface area contributed by atoms with E-state index in [1.54, 1.807) is 6.92 Å². The van der Waals surface area contributed by atoms with E-state index in [-0.39, 0.29) is 0 Å². The van der Waals surface area contributed by atoms with Gasteiger partial charge < -0.3 is 0 Å². The minimum atomic E-state index is -3.11. The van der Waals surface area contributed by atoms with Crippen LogP contribution in [0.4, 0.5) is 0 Å². The van der Waals surface area contributed by atoms with E-state index in [1.807, 2.05) is 12.1 Å². The molecule has 20 heavy (non-hydrogen) atoms. The van der Waals surface area contributed by atoms with Crippen LogP contribution in [0, 0.1) is 0 Å². The van der Waals surface area contributed by atoms with E-state index in [4.69, 9.17) is 11.6 Å². The van der Waals surface area contributed by atoms with Crippen LogP contribution in [-0.2, 0) is 9.84 Å². The molecule has 0 spiro atoms. The van der Waals surface area contributed by atoms with Crippen molar-refractivity contribution < 1.29 is 8.42 Å². The highest BCUT2D eigenvalue weighted by molar-refractivity contribution is 7.91. The van der Waals surface area contributed by atoms with Gasteiger partial charge >= 0.3 is 0 Å². The van der Waals surface area contributed by atoms with Crippen LogP contribution in [-0.4, -0.2) is 19.9 Å². The second-order valence-electron chi connectivity index (χ2n) is 5.94. The van der Waals surface area contributed by atoms with Gasteiger partial charge in [0.05, 0.1) is 10.6 Å². The van der Waals surface area contributed by atoms with E-state index in [1.165, 1.54) is 43.9 Å². The summed E-state index contributed by atoms with van der Waals surface area (Å²) in [7, 11) is -3.11. The van der Waals surface area contributed by atoms with Crippen molar-refractivity contribution in [3.63, 3.8) is 0 Å². The van der Waals surface area contributed by atoms with Crippen molar-refractivity contribution >= 4 is 21.4 Å². The van der Waals surface area contributed by atoms with Gasteiger partial charge in [-0.3, -0.25) is 0 Å². The molecule has 0 N–H and O–H groups in total. The Morgan fingerprint density at radius 1 is 1.10 bits per heavy atom. The molecule has 2 atom stereocenters. The summed E-state index contributed by atoms with van der Waals surface area (Å²) in [6, 6.07) is 8.22. The molecule has 112 valence electrons. The van der Waals surface area contributed by atoms with E-state index in [0.29, 0.717) is 5.92 Å². The average molecular weight is 315 g/mol. The minimum absolute atomic E-state index is 0.481. The molecule has 0 amide bonds. The predicted octanol–water partition coefficient (Wildman–Crippen LogP) is 4.45. The second kappa shape index (κ2) is 6.48. The van der Waals surface area contributed by atoms with Gasteiger partial charge in [0.2, 0.25) is 0 Å². The number of hydrogen-bond acceptors (Lipinski definition) is 2. The molecular weight excluding hydrogens is 292 g/mol. The van der Waals surface area contributed by atoms with Crippen molar-refractivity contribution in [2.45, 2.75) is 55.6 Å². The van der Waals surface area contributed by atoms with Crippen molar-refractivity contribution in [2.24, 2.45) is 0 Å². The standard InChI is InChI=1S/C16H23ClO2S/c1-12(20(2,18)19)16(17)15-10-8-14(9-11-15)13-6-4-3-5-7-13/h8-13,16H,3-7H2,1-2H3.